The number of nitrogens with zero attached hydrogens (tertiary/aromatic N) is 1. The smallest absolute Gasteiger partial charge is 0.106 e. The highest BCUT2D eigenvalue weighted by molar-refractivity contribution is 9.10. The van der Waals surface area contributed by atoms with Crippen molar-refractivity contribution in [3.8, 4) is 0 Å². The Morgan fingerprint density at radius 3 is 3.00 bits per heavy atom. The monoisotopic (exact) mass is 342 g/mol. The molecule has 1 unspecified atom stereocenters. The fourth-order valence-electron chi connectivity index (χ4n) is 2.68. The molecule has 1 heterocycles. The van der Waals surface area contributed by atoms with Crippen LogP contribution in [-0.2, 0) is 0 Å². The van der Waals surface area contributed by atoms with Gasteiger partial charge in [-0.3, -0.25) is 0 Å². The van der Waals surface area contributed by atoms with E-state index in [0.29, 0.717) is 10.9 Å². The van der Waals surface area contributed by atoms with Gasteiger partial charge in [-0.1, -0.05) is 28.1 Å². The number of thiocarbonyl (C=S) groups is 1. The fourth-order valence-corrected chi connectivity index (χ4v) is 3.20. The third kappa shape index (κ3) is 3.68. The van der Waals surface area contributed by atoms with Gasteiger partial charge >= 0.3 is 0 Å². The standard InChI is InChI=1S/C14H19BrN2OS/c15-11-3-4-12(14(16)19)13(8-11)17-6-1-2-10(9-17)5-7-18/h3-4,8,10,18H,1-2,5-7,9H2,(H2,16,19). The zero-order chi connectivity index (χ0) is 13.8. The van der Waals surface area contributed by atoms with Crippen molar-refractivity contribution >= 4 is 38.8 Å². The van der Waals surface area contributed by atoms with Crippen LogP contribution in [0.25, 0.3) is 0 Å². The van der Waals surface area contributed by atoms with Gasteiger partial charge in [-0.2, -0.15) is 0 Å². The van der Waals surface area contributed by atoms with Crippen LogP contribution in [-0.4, -0.2) is 29.8 Å². The number of halogens is 1. The van der Waals surface area contributed by atoms with E-state index in [2.05, 4.69) is 26.9 Å². The Morgan fingerprint density at radius 1 is 1.53 bits per heavy atom. The van der Waals surface area contributed by atoms with E-state index in [1.165, 1.54) is 6.42 Å². The highest BCUT2D eigenvalue weighted by Crippen LogP contribution is 2.30. The number of benzene rings is 1. The van der Waals surface area contributed by atoms with Gasteiger partial charge in [-0.15, -0.1) is 0 Å². The van der Waals surface area contributed by atoms with Crippen LogP contribution in [0.5, 0.6) is 0 Å². The van der Waals surface area contributed by atoms with E-state index in [1.54, 1.807) is 0 Å². The molecule has 0 aliphatic carbocycles. The lowest BCUT2D eigenvalue weighted by Crippen LogP contribution is -2.37. The summed E-state index contributed by atoms with van der Waals surface area (Å²) >= 11 is 8.65. The molecule has 104 valence electrons. The minimum Gasteiger partial charge on any atom is -0.396 e. The van der Waals surface area contributed by atoms with Gasteiger partial charge in [-0.25, -0.2) is 0 Å². The van der Waals surface area contributed by atoms with Crippen molar-refractivity contribution in [3.05, 3.63) is 28.2 Å². The fraction of sp³-hybridized carbons (Fsp3) is 0.500. The molecule has 1 atom stereocenters. The number of nitrogens with two attached hydrogens (primary N) is 1. The molecule has 1 saturated heterocycles. The number of aliphatic hydroxyl groups is 1. The van der Waals surface area contributed by atoms with Crippen LogP contribution in [0.4, 0.5) is 5.69 Å². The second-order valence-corrected chi connectivity index (χ2v) is 6.35. The molecule has 0 radical (unpaired) electrons. The Labute approximate surface area is 127 Å². The summed E-state index contributed by atoms with van der Waals surface area (Å²) in [6, 6.07) is 6.01. The van der Waals surface area contributed by atoms with Crippen LogP contribution in [0.1, 0.15) is 24.8 Å². The molecule has 2 rings (SSSR count). The molecule has 0 amide bonds. The highest BCUT2D eigenvalue weighted by Gasteiger charge is 2.22. The molecule has 3 N–H and O–H groups in total. The molecular weight excluding hydrogens is 324 g/mol. The van der Waals surface area contributed by atoms with Gasteiger partial charge in [0.25, 0.3) is 0 Å². The zero-order valence-electron chi connectivity index (χ0n) is 10.8. The summed E-state index contributed by atoms with van der Waals surface area (Å²) in [5.41, 5.74) is 7.85. The number of hydrogen-bond acceptors (Lipinski definition) is 3. The molecule has 1 aromatic rings. The van der Waals surface area contributed by atoms with Crippen LogP contribution in [0.2, 0.25) is 0 Å². The lowest BCUT2D eigenvalue weighted by molar-refractivity contribution is 0.244. The average Bonchev–Trinajstić information content (AvgIpc) is 2.39. The Kier molecular flexibility index (Phi) is 5.19. The number of anilines is 1. The van der Waals surface area contributed by atoms with E-state index in [1.807, 2.05) is 12.1 Å². The zero-order valence-corrected chi connectivity index (χ0v) is 13.2. The van der Waals surface area contributed by atoms with Gasteiger partial charge in [0.15, 0.2) is 0 Å². The van der Waals surface area contributed by atoms with E-state index in [0.717, 1.165) is 41.7 Å². The first kappa shape index (κ1) is 14.8. The van der Waals surface area contributed by atoms with Crippen molar-refractivity contribution in [2.45, 2.75) is 19.3 Å². The molecule has 1 fully saturated rings. The van der Waals surface area contributed by atoms with Crippen molar-refractivity contribution in [1.29, 1.82) is 0 Å². The Bertz CT molecular complexity index is 465. The van der Waals surface area contributed by atoms with E-state index < -0.39 is 0 Å². The minimum absolute atomic E-state index is 0.263. The SMILES string of the molecule is NC(=S)c1ccc(Br)cc1N1CCCC(CCO)C1. The lowest BCUT2D eigenvalue weighted by atomic mass is 9.94. The van der Waals surface area contributed by atoms with Crippen molar-refractivity contribution in [2.24, 2.45) is 11.7 Å². The van der Waals surface area contributed by atoms with Gasteiger partial charge in [0.1, 0.15) is 4.99 Å². The van der Waals surface area contributed by atoms with Gasteiger partial charge in [0.05, 0.1) is 0 Å². The molecule has 3 nitrogen and oxygen atoms in total. The molecule has 0 saturated carbocycles. The summed E-state index contributed by atoms with van der Waals surface area (Å²) in [5.74, 6) is 0.553. The van der Waals surface area contributed by atoms with Crippen LogP contribution >= 0.6 is 28.1 Å². The van der Waals surface area contributed by atoms with E-state index in [9.17, 15) is 0 Å². The topological polar surface area (TPSA) is 49.5 Å². The third-order valence-corrected chi connectivity index (χ3v) is 4.34. The minimum atomic E-state index is 0.263. The summed E-state index contributed by atoms with van der Waals surface area (Å²) < 4.78 is 1.03. The van der Waals surface area contributed by atoms with Gasteiger partial charge in [-0.05, 0) is 43.4 Å². The third-order valence-electron chi connectivity index (χ3n) is 3.62. The number of hydrogen-bond donors (Lipinski definition) is 2. The molecule has 0 aromatic heterocycles. The summed E-state index contributed by atoms with van der Waals surface area (Å²) in [4.78, 5) is 2.77. The van der Waals surface area contributed by atoms with E-state index >= 15 is 0 Å². The molecular formula is C14H19BrN2OS. The van der Waals surface area contributed by atoms with E-state index in [4.69, 9.17) is 23.1 Å². The Balaban J connectivity index is 2.24. The summed E-state index contributed by atoms with van der Waals surface area (Å²) in [5, 5.41) is 9.10. The number of piperidine rings is 1. The van der Waals surface area contributed by atoms with Gasteiger partial charge in [0, 0.05) is 35.4 Å². The van der Waals surface area contributed by atoms with Crippen LogP contribution in [0.15, 0.2) is 22.7 Å². The maximum absolute atomic E-state index is 9.10. The highest BCUT2D eigenvalue weighted by atomic mass is 79.9. The van der Waals surface area contributed by atoms with Crippen LogP contribution in [0.3, 0.4) is 0 Å². The van der Waals surface area contributed by atoms with Crippen LogP contribution < -0.4 is 10.6 Å². The Hall–Kier alpha value is -0.650. The maximum atomic E-state index is 9.10. The first-order valence-corrected chi connectivity index (χ1v) is 7.77. The first-order chi connectivity index (χ1) is 9.11. The van der Waals surface area contributed by atoms with Crippen molar-refractivity contribution in [2.75, 3.05) is 24.6 Å². The average molecular weight is 343 g/mol. The molecule has 5 heteroatoms. The van der Waals surface area contributed by atoms with Crippen LogP contribution in [0, 0.1) is 5.92 Å². The predicted molar refractivity (Wildman–Crippen MR) is 86.7 cm³/mol. The van der Waals surface area contributed by atoms with E-state index in [-0.39, 0.29) is 6.61 Å². The Morgan fingerprint density at radius 2 is 2.32 bits per heavy atom. The largest absolute Gasteiger partial charge is 0.396 e. The van der Waals surface area contributed by atoms with Crippen molar-refractivity contribution in [1.82, 2.24) is 0 Å². The second kappa shape index (κ2) is 6.68. The maximum Gasteiger partial charge on any atom is 0.106 e. The lowest BCUT2D eigenvalue weighted by Gasteiger charge is -2.35. The first-order valence-electron chi connectivity index (χ1n) is 6.57. The normalized spacial score (nSPS) is 19.5. The van der Waals surface area contributed by atoms with Crippen molar-refractivity contribution < 1.29 is 5.11 Å². The number of rotatable bonds is 4. The molecule has 19 heavy (non-hydrogen) atoms. The van der Waals surface area contributed by atoms with Crippen molar-refractivity contribution in [3.63, 3.8) is 0 Å². The second-order valence-electron chi connectivity index (χ2n) is 4.99. The quantitative estimate of drug-likeness (QED) is 0.826. The summed E-state index contributed by atoms with van der Waals surface area (Å²) in [6.45, 7) is 2.25. The molecule has 1 aromatic carbocycles. The predicted octanol–water partition coefficient (Wildman–Crippen LogP) is 2.68. The number of aliphatic hydroxyl groups excluding tert-OH is 1. The molecule has 1 aliphatic heterocycles. The molecule has 1 aliphatic rings. The summed E-state index contributed by atoms with van der Waals surface area (Å²) in [6.07, 6.45) is 3.20. The molecule has 0 spiro atoms. The van der Waals surface area contributed by atoms with Gasteiger partial charge < -0.3 is 15.7 Å². The van der Waals surface area contributed by atoms with Gasteiger partial charge in [0.2, 0.25) is 0 Å². The summed E-state index contributed by atoms with van der Waals surface area (Å²) in [7, 11) is 0. The molecule has 0 bridgehead atoms.